The van der Waals surface area contributed by atoms with Crippen molar-refractivity contribution < 1.29 is 14.6 Å². The van der Waals surface area contributed by atoms with Gasteiger partial charge in [-0.25, -0.2) is 19.3 Å². The molecule has 4 heterocycles. The molecule has 0 spiro atoms. The third-order valence-electron chi connectivity index (χ3n) is 7.28. The first-order chi connectivity index (χ1) is 17.3. The second-order valence-electron chi connectivity index (χ2n) is 11.2. The van der Waals surface area contributed by atoms with Crippen LogP contribution in [0.5, 0.6) is 0 Å². The molecule has 2 saturated heterocycles. The van der Waals surface area contributed by atoms with E-state index in [1.807, 2.05) is 13.8 Å². The summed E-state index contributed by atoms with van der Waals surface area (Å²) in [6, 6.07) is 4.88. The summed E-state index contributed by atoms with van der Waals surface area (Å²) in [5.41, 5.74) is 5.96. The van der Waals surface area contributed by atoms with Crippen LogP contribution in [0.15, 0.2) is 18.3 Å². The molecule has 8 nitrogen and oxygen atoms in total. The van der Waals surface area contributed by atoms with Crippen molar-refractivity contribution in [1.29, 1.82) is 0 Å². The van der Waals surface area contributed by atoms with Crippen LogP contribution >= 0.6 is 11.6 Å². The highest BCUT2D eigenvalue weighted by atomic mass is 35.5. The number of halogens is 2. The van der Waals surface area contributed by atoms with Gasteiger partial charge in [0.1, 0.15) is 16.9 Å². The largest absolute Gasteiger partial charge is 0.391 e. The summed E-state index contributed by atoms with van der Waals surface area (Å²) < 4.78 is 16.5. The number of rotatable bonds is 4. The first-order valence-corrected chi connectivity index (χ1v) is 13.4. The predicted molar refractivity (Wildman–Crippen MR) is 145 cm³/mol. The van der Waals surface area contributed by atoms with Crippen LogP contribution in [0.1, 0.15) is 79.1 Å². The highest BCUT2D eigenvalue weighted by molar-refractivity contribution is 6.33. The first kappa shape index (κ1) is 27.7. The maximum absolute atomic E-state index is 14.7. The van der Waals surface area contributed by atoms with Gasteiger partial charge in [-0.2, -0.15) is 0 Å². The number of piperidine rings is 1. The minimum atomic E-state index is -1.22. The molecule has 0 radical (unpaired) electrons. The number of nitrogens with zero attached hydrogens (tertiary/aromatic N) is 5. The van der Waals surface area contributed by atoms with Crippen LogP contribution < -0.4 is 5.73 Å². The molecule has 2 aromatic heterocycles. The smallest absolute Gasteiger partial charge is 0.220 e. The van der Waals surface area contributed by atoms with Gasteiger partial charge in [-0.1, -0.05) is 11.6 Å². The number of nitrogen functional groups attached to an aromatic ring is 1. The Balaban J connectivity index is 0.000000222. The van der Waals surface area contributed by atoms with Crippen LogP contribution in [0.25, 0.3) is 22.3 Å². The van der Waals surface area contributed by atoms with Crippen molar-refractivity contribution in [3.05, 3.63) is 35.0 Å². The van der Waals surface area contributed by atoms with Crippen molar-refractivity contribution in [2.45, 2.75) is 103 Å². The molecule has 2 fully saturated rings. The Morgan fingerprint density at radius 3 is 2.35 bits per heavy atom. The van der Waals surface area contributed by atoms with Crippen molar-refractivity contribution in [3.8, 4) is 11.3 Å². The van der Waals surface area contributed by atoms with Crippen LogP contribution in [0.3, 0.4) is 0 Å². The lowest BCUT2D eigenvalue weighted by Crippen LogP contribution is -2.50. The average molecular weight is 533 g/mol. The maximum atomic E-state index is 14.7. The van der Waals surface area contributed by atoms with E-state index in [2.05, 4.69) is 33.7 Å². The zero-order valence-corrected chi connectivity index (χ0v) is 23.2. The van der Waals surface area contributed by atoms with E-state index >= 15 is 0 Å². The van der Waals surface area contributed by atoms with Crippen LogP contribution in [0.4, 0.5) is 10.3 Å². The lowest BCUT2D eigenvalue weighted by atomic mass is 9.98. The zero-order chi connectivity index (χ0) is 27.2. The monoisotopic (exact) mass is 532 g/mol. The highest BCUT2D eigenvalue weighted by Gasteiger charge is 2.42. The van der Waals surface area contributed by atoms with Crippen molar-refractivity contribution in [2.24, 2.45) is 0 Å². The van der Waals surface area contributed by atoms with Crippen molar-refractivity contribution in [1.82, 2.24) is 24.4 Å². The summed E-state index contributed by atoms with van der Waals surface area (Å²) in [7, 11) is 0. The van der Waals surface area contributed by atoms with E-state index in [1.54, 1.807) is 24.5 Å². The van der Waals surface area contributed by atoms with Crippen molar-refractivity contribution in [2.75, 3.05) is 5.73 Å². The normalized spacial score (nSPS) is 22.1. The molecule has 10 heteroatoms. The number of hydrogen-bond acceptors (Lipinski definition) is 7. The van der Waals surface area contributed by atoms with Crippen LogP contribution in [-0.4, -0.2) is 58.9 Å². The fourth-order valence-electron chi connectivity index (χ4n) is 5.80. The van der Waals surface area contributed by atoms with Gasteiger partial charge in [0.15, 0.2) is 5.82 Å². The summed E-state index contributed by atoms with van der Waals surface area (Å²) >= 11 is 6.15. The Kier molecular flexibility index (Phi) is 7.82. The Morgan fingerprint density at radius 2 is 1.76 bits per heavy atom. The molecule has 37 heavy (non-hydrogen) atoms. The van der Waals surface area contributed by atoms with Gasteiger partial charge in [0.05, 0.1) is 28.5 Å². The standard InChI is InChI=1S/C17H19ClFN5O.C10H19NO/c1-8(2)24-12-6-9(13-10(18)7-21-16(20)23-13)5-11(19)14(12)22-15(24)17(3,4)25;1-7(2)11-8-3-5-9(11)10(12)6-4-8/h5-8,25H,1-4H3,(H2,20,21,23);7-10,12H,3-6H2,1-2H3/t;8-,9?,10?/m.0/s1. The molecule has 0 amide bonds. The molecule has 2 bridgehead atoms. The van der Waals surface area contributed by atoms with E-state index in [-0.39, 0.29) is 28.6 Å². The van der Waals surface area contributed by atoms with E-state index < -0.39 is 11.4 Å². The summed E-state index contributed by atoms with van der Waals surface area (Å²) in [6.07, 6.45) is 6.08. The third-order valence-corrected chi connectivity index (χ3v) is 7.56. The number of nitrogens with two attached hydrogens (primary N) is 1. The summed E-state index contributed by atoms with van der Waals surface area (Å²) in [5.74, 6) is -0.0815. The van der Waals surface area contributed by atoms with Gasteiger partial charge in [0.2, 0.25) is 5.95 Å². The van der Waals surface area contributed by atoms with Crippen LogP contribution in [-0.2, 0) is 5.60 Å². The molecule has 202 valence electrons. The van der Waals surface area contributed by atoms with Gasteiger partial charge >= 0.3 is 0 Å². The Bertz CT molecular complexity index is 1270. The second kappa shape index (κ2) is 10.4. The van der Waals surface area contributed by atoms with Crippen LogP contribution in [0, 0.1) is 5.82 Å². The molecule has 0 saturated carbocycles. The number of imidazole rings is 1. The predicted octanol–water partition coefficient (Wildman–Crippen LogP) is 5.06. The van der Waals surface area contributed by atoms with E-state index in [0.717, 1.165) is 12.5 Å². The minimum absolute atomic E-state index is 0.0352. The Morgan fingerprint density at radius 1 is 1.08 bits per heavy atom. The first-order valence-electron chi connectivity index (χ1n) is 13.0. The van der Waals surface area contributed by atoms with E-state index in [9.17, 15) is 14.6 Å². The van der Waals surface area contributed by atoms with Gasteiger partial charge < -0.3 is 20.5 Å². The third kappa shape index (κ3) is 5.46. The molecule has 2 unspecified atom stereocenters. The average Bonchev–Trinajstić information content (AvgIpc) is 3.37. The Labute approximate surface area is 222 Å². The van der Waals surface area contributed by atoms with Gasteiger partial charge in [0, 0.05) is 29.7 Å². The number of anilines is 1. The topological polar surface area (TPSA) is 113 Å². The molecule has 2 aliphatic rings. The molecule has 4 N–H and O–H groups in total. The zero-order valence-electron chi connectivity index (χ0n) is 22.4. The van der Waals surface area contributed by atoms with E-state index in [4.69, 9.17) is 17.3 Å². The molecular weight excluding hydrogens is 495 g/mol. The number of aliphatic hydroxyl groups is 2. The molecule has 0 aliphatic carbocycles. The number of aromatic nitrogens is 4. The molecular formula is C27H38ClFN6O2. The number of benzene rings is 1. The van der Waals surface area contributed by atoms with Crippen molar-refractivity contribution in [3.63, 3.8) is 0 Å². The number of fused-ring (bicyclic) bond motifs is 3. The summed E-state index contributed by atoms with van der Waals surface area (Å²) in [6.45, 7) is 11.6. The minimum Gasteiger partial charge on any atom is -0.391 e. The molecule has 3 aromatic rings. The highest BCUT2D eigenvalue weighted by Crippen LogP contribution is 2.37. The number of hydrogen-bond donors (Lipinski definition) is 3. The Hall–Kier alpha value is -2.33. The maximum Gasteiger partial charge on any atom is 0.220 e. The summed E-state index contributed by atoms with van der Waals surface area (Å²) in [4.78, 5) is 14.8. The van der Waals surface area contributed by atoms with E-state index in [0.29, 0.717) is 34.7 Å². The lowest BCUT2D eigenvalue weighted by molar-refractivity contribution is -0.00261. The second-order valence-corrected chi connectivity index (χ2v) is 11.6. The lowest BCUT2D eigenvalue weighted by Gasteiger charge is -2.40. The quantitative estimate of drug-likeness (QED) is 0.430. The van der Waals surface area contributed by atoms with Gasteiger partial charge in [-0.15, -0.1) is 0 Å². The fraction of sp³-hybridized carbons (Fsp3) is 0.593. The van der Waals surface area contributed by atoms with Gasteiger partial charge in [0.25, 0.3) is 0 Å². The van der Waals surface area contributed by atoms with Crippen LogP contribution in [0.2, 0.25) is 5.02 Å². The molecule has 1 aromatic carbocycles. The number of aliphatic hydroxyl groups excluding tert-OH is 1. The van der Waals surface area contributed by atoms with Gasteiger partial charge in [-0.05, 0) is 79.4 Å². The van der Waals surface area contributed by atoms with E-state index in [1.165, 1.54) is 31.5 Å². The molecule has 3 atom stereocenters. The SMILES string of the molecule is CC(C)N1C2CC[C@H]1CCC2O.CC(C)n1c(C(C)(C)O)nc2c(F)cc(-c3nc(N)ncc3Cl)cc21. The van der Waals surface area contributed by atoms with Crippen molar-refractivity contribution >= 4 is 28.6 Å². The molecule has 2 aliphatic heterocycles. The summed E-state index contributed by atoms with van der Waals surface area (Å²) in [5, 5.41) is 20.5. The molecule has 5 rings (SSSR count). The fourth-order valence-corrected chi connectivity index (χ4v) is 6.00. The van der Waals surface area contributed by atoms with Gasteiger partial charge in [-0.3, -0.25) is 4.90 Å².